The molecular formula is C25H34ClN3O2. The second kappa shape index (κ2) is 12.4. The van der Waals surface area contributed by atoms with Gasteiger partial charge in [-0.15, -0.1) is 12.4 Å². The number of halogens is 1. The molecule has 3 aromatic rings. The molecule has 0 fully saturated rings. The standard InChI is InChI=1S/C25H33N3O2.ClH/c1-18(2)8-9-19-10-11-21-22(12-15-28-23(21)16-19)27-14-5-13-26-17-20-6-4-7-24(30-3)25(20)29;/h4,6-7,10-12,15-16,18,26,29H,5,8-9,13-14,17H2,1-3H3,(H,27,28);1H. The van der Waals surface area contributed by atoms with Crippen LogP contribution in [0.25, 0.3) is 10.9 Å². The van der Waals surface area contributed by atoms with Gasteiger partial charge >= 0.3 is 0 Å². The lowest BCUT2D eigenvalue weighted by Crippen LogP contribution is -2.17. The first-order valence-corrected chi connectivity index (χ1v) is 10.8. The van der Waals surface area contributed by atoms with Crippen LogP contribution >= 0.6 is 12.4 Å². The summed E-state index contributed by atoms with van der Waals surface area (Å²) in [5, 5.41) is 18.2. The molecule has 168 valence electrons. The second-order valence-electron chi connectivity index (χ2n) is 8.07. The third-order valence-corrected chi connectivity index (χ3v) is 5.28. The lowest BCUT2D eigenvalue weighted by molar-refractivity contribution is 0.369. The molecule has 3 rings (SSSR count). The number of nitrogens with zero attached hydrogens (tertiary/aromatic N) is 1. The van der Waals surface area contributed by atoms with Crippen molar-refractivity contribution in [3.63, 3.8) is 0 Å². The van der Waals surface area contributed by atoms with Gasteiger partial charge in [0.15, 0.2) is 11.5 Å². The number of fused-ring (bicyclic) bond motifs is 1. The molecule has 0 aliphatic heterocycles. The molecule has 0 unspecified atom stereocenters. The summed E-state index contributed by atoms with van der Waals surface area (Å²) in [5.41, 5.74) is 4.37. The van der Waals surface area contributed by atoms with Crippen LogP contribution in [0.1, 0.15) is 37.8 Å². The number of pyridine rings is 1. The van der Waals surface area contributed by atoms with Crippen LogP contribution in [0.5, 0.6) is 11.5 Å². The summed E-state index contributed by atoms with van der Waals surface area (Å²) in [6, 6.07) is 14.2. The second-order valence-corrected chi connectivity index (χ2v) is 8.07. The predicted molar refractivity (Wildman–Crippen MR) is 132 cm³/mol. The summed E-state index contributed by atoms with van der Waals surface area (Å²) in [6.07, 6.45) is 5.15. The average molecular weight is 444 g/mol. The molecule has 0 atom stereocenters. The lowest BCUT2D eigenvalue weighted by Gasteiger charge is -2.12. The van der Waals surface area contributed by atoms with Gasteiger partial charge in [-0.1, -0.05) is 38.1 Å². The van der Waals surface area contributed by atoms with Crippen molar-refractivity contribution in [3.8, 4) is 11.5 Å². The minimum absolute atomic E-state index is 0. The zero-order valence-corrected chi connectivity index (χ0v) is 19.5. The van der Waals surface area contributed by atoms with Crippen LogP contribution in [0.4, 0.5) is 5.69 Å². The summed E-state index contributed by atoms with van der Waals surface area (Å²) < 4.78 is 5.15. The number of rotatable bonds is 11. The summed E-state index contributed by atoms with van der Waals surface area (Å²) in [6.45, 7) is 6.85. The molecule has 0 bridgehead atoms. The van der Waals surface area contributed by atoms with E-state index in [0.29, 0.717) is 18.2 Å². The van der Waals surface area contributed by atoms with Crippen molar-refractivity contribution in [1.82, 2.24) is 10.3 Å². The van der Waals surface area contributed by atoms with Crippen molar-refractivity contribution >= 4 is 29.0 Å². The van der Waals surface area contributed by atoms with Gasteiger partial charge in [0.1, 0.15) is 0 Å². The fourth-order valence-corrected chi connectivity index (χ4v) is 3.49. The van der Waals surface area contributed by atoms with Crippen molar-refractivity contribution in [2.75, 3.05) is 25.5 Å². The van der Waals surface area contributed by atoms with Gasteiger partial charge < -0.3 is 20.5 Å². The Bertz CT molecular complexity index is 963. The number of phenols is 1. The van der Waals surface area contributed by atoms with E-state index >= 15 is 0 Å². The number of benzene rings is 2. The molecule has 0 aliphatic carbocycles. The highest BCUT2D eigenvalue weighted by atomic mass is 35.5. The molecule has 6 heteroatoms. The van der Waals surface area contributed by atoms with Gasteiger partial charge in [0.05, 0.1) is 12.6 Å². The Balaban J connectivity index is 0.00000341. The van der Waals surface area contributed by atoms with Crippen molar-refractivity contribution in [2.24, 2.45) is 5.92 Å². The lowest BCUT2D eigenvalue weighted by atomic mass is 10.0. The summed E-state index contributed by atoms with van der Waals surface area (Å²) in [5.74, 6) is 1.43. The number of phenolic OH excluding ortho intramolecular Hbond substituents is 1. The molecule has 0 aliphatic rings. The number of anilines is 1. The van der Waals surface area contributed by atoms with Crippen LogP contribution in [0.3, 0.4) is 0 Å². The van der Waals surface area contributed by atoms with E-state index < -0.39 is 0 Å². The van der Waals surface area contributed by atoms with Crippen LogP contribution in [0, 0.1) is 5.92 Å². The largest absolute Gasteiger partial charge is 0.504 e. The Morgan fingerprint density at radius 3 is 2.71 bits per heavy atom. The number of aryl methyl sites for hydroxylation is 1. The first-order valence-electron chi connectivity index (χ1n) is 10.8. The summed E-state index contributed by atoms with van der Waals surface area (Å²) in [4.78, 5) is 4.56. The highest BCUT2D eigenvalue weighted by Crippen LogP contribution is 2.29. The highest BCUT2D eigenvalue weighted by Gasteiger charge is 2.07. The van der Waals surface area contributed by atoms with Gasteiger partial charge in [0.2, 0.25) is 0 Å². The first kappa shape index (κ1) is 24.8. The third-order valence-electron chi connectivity index (χ3n) is 5.28. The number of ether oxygens (including phenoxy) is 1. The average Bonchev–Trinajstić information content (AvgIpc) is 2.75. The third kappa shape index (κ3) is 7.01. The molecule has 0 spiro atoms. The zero-order chi connectivity index (χ0) is 21.3. The molecule has 2 aromatic carbocycles. The number of aromatic hydroxyl groups is 1. The smallest absolute Gasteiger partial charge is 0.162 e. The normalized spacial score (nSPS) is 10.8. The molecule has 0 radical (unpaired) electrons. The number of aromatic nitrogens is 1. The van der Waals surface area contributed by atoms with E-state index in [9.17, 15) is 5.11 Å². The van der Waals surface area contributed by atoms with Crippen LogP contribution in [-0.4, -0.2) is 30.3 Å². The first-order chi connectivity index (χ1) is 14.6. The SMILES string of the molecule is COc1cccc(CNCCCNc2ccnc3cc(CCC(C)C)ccc23)c1O.Cl. The van der Waals surface area contributed by atoms with Gasteiger partial charge in [0.25, 0.3) is 0 Å². The van der Waals surface area contributed by atoms with Crippen molar-refractivity contribution in [1.29, 1.82) is 0 Å². The number of para-hydroxylation sites is 1. The molecule has 31 heavy (non-hydrogen) atoms. The Morgan fingerprint density at radius 1 is 1.10 bits per heavy atom. The molecule has 3 N–H and O–H groups in total. The number of hydrogen-bond acceptors (Lipinski definition) is 5. The van der Waals surface area contributed by atoms with Crippen LogP contribution < -0.4 is 15.4 Å². The predicted octanol–water partition coefficient (Wildman–Crippen LogP) is 5.55. The van der Waals surface area contributed by atoms with E-state index in [1.807, 2.05) is 24.4 Å². The van der Waals surface area contributed by atoms with Crippen molar-refractivity contribution < 1.29 is 9.84 Å². The Hall–Kier alpha value is -2.50. The monoisotopic (exact) mass is 443 g/mol. The van der Waals surface area contributed by atoms with E-state index in [4.69, 9.17) is 4.74 Å². The minimum Gasteiger partial charge on any atom is -0.504 e. The van der Waals surface area contributed by atoms with Gasteiger partial charge in [-0.2, -0.15) is 0 Å². The number of hydrogen-bond donors (Lipinski definition) is 3. The molecule has 1 aromatic heterocycles. The van der Waals surface area contributed by atoms with Gasteiger partial charge in [-0.3, -0.25) is 4.98 Å². The van der Waals surface area contributed by atoms with Crippen LogP contribution in [0.15, 0.2) is 48.7 Å². The Labute approximate surface area is 191 Å². The van der Waals surface area contributed by atoms with Gasteiger partial charge in [-0.05, 0) is 55.5 Å². The van der Waals surface area contributed by atoms with E-state index in [-0.39, 0.29) is 18.2 Å². The van der Waals surface area contributed by atoms with Gasteiger partial charge in [0, 0.05) is 35.9 Å². The van der Waals surface area contributed by atoms with Crippen molar-refractivity contribution in [2.45, 2.75) is 39.7 Å². The molecule has 1 heterocycles. The van der Waals surface area contributed by atoms with Crippen LogP contribution in [-0.2, 0) is 13.0 Å². The van der Waals surface area contributed by atoms with E-state index in [1.165, 1.54) is 17.4 Å². The van der Waals surface area contributed by atoms with E-state index in [2.05, 4.69) is 47.7 Å². The number of nitrogens with one attached hydrogen (secondary N) is 2. The highest BCUT2D eigenvalue weighted by molar-refractivity contribution is 5.91. The molecule has 0 saturated carbocycles. The maximum absolute atomic E-state index is 10.1. The summed E-state index contributed by atoms with van der Waals surface area (Å²) >= 11 is 0. The maximum atomic E-state index is 10.1. The molecule has 0 saturated heterocycles. The minimum atomic E-state index is 0. The Kier molecular flexibility index (Phi) is 9.89. The fraction of sp³-hybridized carbons (Fsp3) is 0.400. The molecule has 0 amide bonds. The Morgan fingerprint density at radius 2 is 1.94 bits per heavy atom. The maximum Gasteiger partial charge on any atom is 0.162 e. The van der Waals surface area contributed by atoms with Crippen molar-refractivity contribution in [3.05, 3.63) is 59.8 Å². The quantitative estimate of drug-likeness (QED) is 0.339. The number of methoxy groups -OCH3 is 1. The molecular weight excluding hydrogens is 410 g/mol. The summed E-state index contributed by atoms with van der Waals surface area (Å²) in [7, 11) is 1.56. The van der Waals surface area contributed by atoms with E-state index in [1.54, 1.807) is 13.2 Å². The zero-order valence-electron chi connectivity index (χ0n) is 18.6. The van der Waals surface area contributed by atoms with E-state index in [0.717, 1.165) is 42.7 Å². The van der Waals surface area contributed by atoms with Gasteiger partial charge in [-0.25, -0.2) is 0 Å². The fourth-order valence-electron chi connectivity index (χ4n) is 3.49. The van der Waals surface area contributed by atoms with Crippen LogP contribution in [0.2, 0.25) is 0 Å². The molecule has 5 nitrogen and oxygen atoms in total. The topological polar surface area (TPSA) is 66.4 Å².